The number of halogens is 1. The second-order valence-corrected chi connectivity index (χ2v) is 4.99. The van der Waals surface area contributed by atoms with Crippen molar-refractivity contribution in [3.8, 4) is 5.75 Å². The van der Waals surface area contributed by atoms with Gasteiger partial charge in [-0.1, -0.05) is 17.7 Å². The highest BCUT2D eigenvalue weighted by Crippen LogP contribution is 2.26. The number of methoxy groups -OCH3 is 1. The van der Waals surface area contributed by atoms with Crippen LogP contribution in [0.3, 0.4) is 0 Å². The van der Waals surface area contributed by atoms with Gasteiger partial charge in [-0.3, -0.25) is 10.1 Å². The first-order valence-electron chi connectivity index (χ1n) is 6.49. The lowest BCUT2D eigenvalue weighted by molar-refractivity contribution is -0.384. The third kappa shape index (κ3) is 3.66. The first kappa shape index (κ1) is 16.1. The fourth-order valence-corrected chi connectivity index (χ4v) is 2.21. The SMILES string of the molecule is COc1ccc(NCc2ccc(Cl)c([N+](=O)[O-])c2)cc1CO. The van der Waals surface area contributed by atoms with E-state index < -0.39 is 4.92 Å². The Morgan fingerprint density at radius 2 is 2.09 bits per heavy atom. The molecule has 116 valence electrons. The number of hydrogen-bond acceptors (Lipinski definition) is 5. The fraction of sp³-hybridized carbons (Fsp3) is 0.200. The zero-order valence-electron chi connectivity index (χ0n) is 11.9. The average Bonchev–Trinajstić information content (AvgIpc) is 2.53. The predicted octanol–water partition coefficient (Wildman–Crippen LogP) is 3.36. The van der Waals surface area contributed by atoms with E-state index in [1.54, 1.807) is 18.2 Å². The Hall–Kier alpha value is -2.31. The molecule has 2 rings (SSSR count). The van der Waals surface area contributed by atoms with Gasteiger partial charge in [-0.25, -0.2) is 0 Å². The highest BCUT2D eigenvalue weighted by atomic mass is 35.5. The molecule has 0 unspecified atom stereocenters. The summed E-state index contributed by atoms with van der Waals surface area (Å²) in [4.78, 5) is 10.4. The first-order valence-corrected chi connectivity index (χ1v) is 6.87. The van der Waals surface area contributed by atoms with Crippen LogP contribution in [0.15, 0.2) is 36.4 Å². The van der Waals surface area contributed by atoms with E-state index in [2.05, 4.69) is 5.32 Å². The summed E-state index contributed by atoms with van der Waals surface area (Å²) >= 11 is 5.78. The number of nitro groups is 1. The summed E-state index contributed by atoms with van der Waals surface area (Å²) in [5.41, 5.74) is 2.06. The van der Waals surface area contributed by atoms with Gasteiger partial charge < -0.3 is 15.2 Å². The molecule has 0 aliphatic rings. The highest BCUT2D eigenvalue weighted by molar-refractivity contribution is 6.32. The maximum Gasteiger partial charge on any atom is 0.288 e. The smallest absolute Gasteiger partial charge is 0.288 e. The summed E-state index contributed by atoms with van der Waals surface area (Å²) in [5, 5.41) is 23.4. The molecule has 0 aliphatic carbocycles. The van der Waals surface area contributed by atoms with Crippen molar-refractivity contribution in [3.05, 3.63) is 62.7 Å². The van der Waals surface area contributed by atoms with Gasteiger partial charge in [0, 0.05) is 23.9 Å². The predicted molar refractivity (Wildman–Crippen MR) is 84.3 cm³/mol. The third-order valence-corrected chi connectivity index (χ3v) is 3.47. The number of ether oxygens (including phenoxy) is 1. The van der Waals surface area contributed by atoms with Crippen molar-refractivity contribution >= 4 is 23.0 Å². The highest BCUT2D eigenvalue weighted by Gasteiger charge is 2.12. The maximum absolute atomic E-state index is 10.9. The molecule has 0 saturated heterocycles. The van der Waals surface area contributed by atoms with Crippen LogP contribution in [0, 0.1) is 10.1 Å². The molecule has 0 fully saturated rings. The van der Waals surface area contributed by atoms with E-state index in [-0.39, 0.29) is 17.3 Å². The zero-order chi connectivity index (χ0) is 16.1. The van der Waals surface area contributed by atoms with E-state index in [0.29, 0.717) is 17.9 Å². The molecule has 22 heavy (non-hydrogen) atoms. The molecule has 0 saturated carbocycles. The Labute approximate surface area is 132 Å². The molecular weight excluding hydrogens is 308 g/mol. The number of anilines is 1. The minimum absolute atomic E-state index is 0.112. The van der Waals surface area contributed by atoms with Crippen LogP contribution in [-0.2, 0) is 13.2 Å². The minimum atomic E-state index is -0.511. The van der Waals surface area contributed by atoms with Crippen molar-refractivity contribution in [2.45, 2.75) is 13.2 Å². The molecule has 2 aromatic rings. The third-order valence-electron chi connectivity index (χ3n) is 3.15. The number of nitrogens with one attached hydrogen (secondary N) is 1. The molecule has 2 aromatic carbocycles. The van der Waals surface area contributed by atoms with E-state index in [4.69, 9.17) is 16.3 Å². The van der Waals surface area contributed by atoms with Crippen LogP contribution < -0.4 is 10.1 Å². The number of rotatable bonds is 6. The van der Waals surface area contributed by atoms with E-state index >= 15 is 0 Å². The quantitative estimate of drug-likeness (QED) is 0.629. The number of nitro benzene ring substituents is 1. The van der Waals surface area contributed by atoms with Crippen LogP contribution in [0.1, 0.15) is 11.1 Å². The van der Waals surface area contributed by atoms with E-state index in [9.17, 15) is 15.2 Å². The van der Waals surface area contributed by atoms with Gasteiger partial charge in [-0.2, -0.15) is 0 Å². The standard InChI is InChI=1S/C15H15ClN2O4/c1-22-15-5-3-12(7-11(15)9-19)17-8-10-2-4-13(16)14(6-10)18(20)21/h2-7,17,19H,8-9H2,1H3. The van der Waals surface area contributed by atoms with Gasteiger partial charge in [0.15, 0.2) is 0 Å². The normalized spacial score (nSPS) is 10.3. The van der Waals surface area contributed by atoms with Crippen molar-refractivity contribution in [2.24, 2.45) is 0 Å². The molecular formula is C15H15ClN2O4. The molecule has 0 heterocycles. The molecule has 0 atom stereocenters. The summed E-state index contributed by atoms with van der Waals surface area (Å²) in [6, 6.07) is 9.98. The van der Waals surface area contributed by atoms with Crippen LogP contribution in [0.25, 0.3) is 0 Å². The van der Waals surface area contributed by atoms with Crippen LogP contribution in [-0.4, -0.2) is 17.1 Å². The number of benzene rings is 2. The van der Waals surface area contributed by atoms with Crippen molar-refractivity contribution in [3.63, 3.8) is 0 Å². The molecule has 0 aromatic heterocycles. The molecule has 0 bridgehead atoms. The van der Waals surface area contributed by atoms with E-state index in [0.717, 1.165) is 11.3 Å². The van der Waals surface area contributed by atoms with Gasteiger partial charge in [0.1, 0.15) is 10.8 Å². The summed E-state index contributed by atoms with van der Waals surface area (Å²) in [6.45, 7) is 0.264. The van der Waals surface area contributed by atoms with Crippen LogP contribution in [0.4, 0.5) is 11.4 Å². The van der Waals surface area contributed by atoms with Crippen molar-refractivity contribution < 1.29 is 14.8 Å². The first-order chi connectivity index (χ1) is 10.5. The second-order valence-electron chi connectivity index (χ2n) is 4.58. The number of aliphatic hydroxyl groups excluding tert-OH is 1. The molecule has 0 radical (unpaired) electrons. The van der Waals surface area contributed by atoms with Gasteiger partial charge in [0.05, 0.1) is 18.6 Å². The number of aliphatic hydroxyl groups is 1. The average molecular weight is 323 g/mol. The monoisotopic (exact) mass is 322 g/mol. The van der Waals surface area contributed by atoms with Crippen LogP contribution >= 0.6 is 11.6 Å². The van der Waals surface area contributed by atoms with Gasteiger partial charge >= 0.3 is 0 Å². The molecule has 2 N–H and O–H groups in total. The Bertz CT molecular complexity index is 691. The van der Waals surface area contributed by atoms with Gasteiger partial charge in [0.2, 0.25) is 0 Å². The number of nitrogens with zero attached hydrogens (tertiary/aromatic N) is 1. The Morgan fingerprint density at radius 3 is 2.73 bits per heavy atom. The summed E-state index contributed by atoms with van der Waals surface area (Å²) in [5.74, 6) is 0.607. The summed E-state index contributed by atoms with van der Waals surface area (Å²) < 4.78 is 5.13. The van der Waals surface area contributed by atoms with Crippen molar-refractivity contribution in [2.75, 3.05) is 12.4 Å². The van der Waals surface area contributed by atoms with Gasteiger partial charge in [0.25, 0.3) is 5.69 Å². The van der Waals surface area contributed by atoms with Gasteiger partial charge in [-0.05, 0) is 29.8 Å². The van der Waals surface area contributed by atoms with Crippen molar-refractivity contribution in [1.82, 2.24) is 0 Å². The van der Waals surface area contributed by atoms with Crippen molar-refractivity contribution in [1.29, 1.82) is 0 Å². The van der Waals surface area contributed by atoms with E-state index in [1.807, 2.05) is 6.07 Å². The molecule has 0 aliphatic heterocycles. The molecule has 0 amide bonds. The number of hydrogen-bond donors (Lipinski definition) is 2. The minimum Gasteiger partial charge on any atom is -0.496 e. The van der Waals surface area contributed by atoms with E-state index in [1.165, 1.54) is 19.2 Å². The Balaban J connectivity index is 2.13. The molecule has 6 nitrogen and oxygen atoms in total. The molecule has 0 spiro atoms. The molecule has 7 heteroatoms. The lowest BCUT2D eigenvalue weighted by Crippen LogP contribution is -2.02. The lowest BCUT2D eigenvalue weighted by Gasteiger charge is -2.11. The van der Waals surface area contributed by atoms with Gasteiger partial charge in [-0.15, -0.1) is 0 Å². The zero-order valence-corrected chi connectivity index (χ0v) is 12.6. The Kier molecular flexibility index (Phi) is 5.19. The Morgan fingerprint density at radius 1 is 1.32 bits per heavy atom. The van der Waals surface area contributed by atoms with Crippen LogP contribution in [0.2, 0.25) is 5.02 Å². The lowest BCUT2D eigenvalue weighted by atomic mass is 10.1. The van der Waals surface area contributed by atoms with Crippen LogP contribution in [0.5, 0.6) is 5.75 Å². The summed E-state index contributed by atoms with van der Waals surface area (Å²) in [7, 11) is 1.54. The maximum atomic E-state index is 10.9. The fourth-order valence-electron chi connectivity index (χ4n) is 2.02. The summed E-state index contributed by atoms with van der Waals surface area (Å²) in [6.07, 6.45) is 0. The second kappa shape index (κ2) is 7.11. The largest absolute Gasteiger partial charge is 0.496 e. The topological polar surface area (TPSA) is 84.6 Å².